The quantitative estimate of drug-likeness (QED) is 0.606. The number of benzene rings is 2. The molecular weight excluding hydrogens is 454 g/mol. The number of hydrogen-bond acceptors (Lipinski definition) is 4. The summed E-state index contributed by atoms with van der Waals surface area (Å²) in [6.45, 7) is 4.94. The van der Waals surface area contributed by atoms with Crippen molar-refractivity contribution in [3.63, 3.8) is 0 Å². The molecule has 0 saturated carbocycles. The Bertz CT molecular complexity index is 1310. The van der Waals surface area contributed by atoms with Crippen LogP contribution in [0.4, 0.5) is 4.79 Å². The van der Waals surface area contributed by atoms with Crippen LogP contribution in [-0.2, 0) is 13.6 Å². The summed E-state index contributed by atoms with van der Waals surface area (Å²) in [5.74, 6) is 0.400. The van der Waals surface area contributed by atoms with Gasteiger partial charge >= 0.3 is 6.09 Å². The van der Waals surface area contributed by atoms with Crippen LogP contribution in [0.5, 0.6) is 0 Å². The average molecular weight is 486 g/mol. The van der Waals surface area contributed by atoms with Crippen molar-refractivity contribution >= 4 is 22.9 Å². The fraction of sp³-hybridized carbons (Fsp3) is 0.393. The number of hydrogen-bond donors (Lipinski definition) is 1. The molecule has 8 nitrogen and oxygen atoms in total. The van der Waals surface area contributed by atoms with E-state index in [-0.39, 0.29) is 5.91 Å². The van der Waals surface area contributed by atoms with Crippen LogP contribution >= 0.6 is 0 Å². The Morgan fingerprint density at radius 1 is 0.944 bits per heavy atom. The van der Waals surface area contributed by atoms with Gasteiger partial charge in [-0.25, -0.2) is 4.79 Å². The Hall–Kier alpha value is -3.83. The minimum Gasteiger partial charge on any atom is -0.465 e. The lowest BCUT2D eigenvalue weighted by atomic mass is 9.89. The summed E-state index contributed by atoms with van der Waals surface area (Å²) in [5, 5.41) is 19.2. The first-order chi connectivity index (χ1) is 17.4. The number of aryl methyl sites for hydroxylation is 1. The number of rotatable bonds is 4. The topological polar surface area (TPSA) is 92.8 Å². The summed E-state index contributed by atoms with van der Waals surface area (Å²) in [5.41, 5.74) is 4.79. The average Bonchev–Trinajstić information content (AvgIpc) is 3.24. The van der Waals surface area contributed by atoms with Crippen LogP contribution in [0, 0.1) is 11.3 Å². The van der Waals surface area contributed by atoms with Gasteiger partial charge in [0.1, 0.15) is 5.69 Å². The summed E-state index contributed by atoms with van der Waals surface area (Å²) in [7, 11) is 1.95. The monoisotopic (exact) mass is 485 g/mol. The van der Waals surface area contributed by atoms with Crippen LogP contribution < -0.4 is 0 Å². The molecule has 2 fully saturated rings. The molecule has 5 rings (SSSR count). The second-order valence-corrected chi connectivity index (χ2v) is 9.83. The van der Waals surface area contributed by atoms with Crippen LogP contribution in [0.15, 0.2) is 48.5 Å². The molecule has 1 N–H and O–H groups in total. The minimum absolute atomic E-state index is 0.0584. The van der Waals surface area contributed by atoms with Gasteiger partial charge < -0.3 is 19.5 Å². The molecular formula is C28H31N5O3. The van der Waals surface area contributed by atoms with Gasteiger partial charge in [0.25, 0.3) is 5.91 Å². The predicted molar refractivity (Wildman–Crippen MR) is 137 cm³/mol. The maximum Gasteiger partial charge on any atom is 0.407 e. The van der Waals surface area contributed by atoms with Crippen molar-refractivity contribution in [3.8, 4) is 6.07 Å². The molecule has 0 atom stereocenters. The molecule has 2 amide bonds. The van der Waals surface area contributed by atoms with Gasteiger partial charge in [0, 0.05) is 63.8 Å². The van der Waals surface area contributed by atoms with Crippen molar-refractivity contribution in [2.24, 2.45) is 7.05 Å². The molecule has 2 aliphatic rings. The summed E-state index contributed by atoms with van der Waals surface area (Å²) < 4.78 is 1.98. The molecule has 8 heteroatoms. The number of carbonyl (C=O) groups is 2. The van der Waals surface area contributed by atoms with Gasteiger partial charge in [0.15, 0.2) is 0 Å². The molecule has 2 aliphatic heterocycles. The van der Waals surface area contributed by atoms with E-state index in [1.807, 2.05) is 46.8 Å². The zero-order valence-electron chi connectivity index (χ0n) is 20.6. The molecule has 186 valence electrons. The summed E-state index contributed by atoms with van der Waals surface area (Å²) in [6.07, 6.45) is 0.803. The molecule has 1 aromatic heterocycles. The largest absolute Gasteiger partial charge is 0.465 e. The van der Waals surface area contributed by atoms with E-state index in [1.165, 1.54) is 16.0 Å². The van der Waals surface area contributed by atoms with Gasteiger partial charge in [-0.3, -0.25) is 9.69 Å². The normalized spacial score (nSPS) is 17.3. The molecule has 0 unspecified atom stereocenters. The number of amides is 2. The molecule has 36 heavy (non-hydrogen) atoms. The van der Waals surface area contributed by atoms with E-state index in [0.29, 0.717) is 43.4 Å². The minimum atomic E-state index is -0.842. The van der Waals surface area contributed by atoms with Crippen molar-refractivity contribution in [1.82, 2.24) is 19.3 Å². The third-order valence-electron chi connectivity index (χ3n) is 7.67. The van der Waals surface area contributed by atoms with Crippen LogP contribution in [0.2, 0.25) is 0 Å². The maximum atomic E-state index is 13.4. The highest BCUT2D eigenvalue weighted by Gasteiger charge is 2.26. The Balaban J connectivity index is 1.23. The van der Waals surface area contributed by atoms with E-state index in [9.17, 15) is 14.7 Å². The fourth-order valence-corrected chi connectivity index (χ4v) is 5.45. The lowest BCUT2D eigenvalue weighted by Gasteiger charge is -2.34. The second-order valence-electron chi connectivity index (χ2n) is 9.83. The molecule has 3 aromatic rings. The van der Waals surface area contributed by atoms with Crippen molar-refractivity contribution < 1.29 is 14.7 Å². The molecule has 0 bridgehead atoms. The van der Waals surface area contributed by atoms with Crippen molar-refractivity contribution in [2.45, 2.75) is 25.3 Å². The zero-order chi connectivity index (χ0) is 25.2. The van der Waals surface area contributed by atoms with E-state index >= 15 is 0 Å². The van der Waals surface area contributed by atoms with Crippen molar-refractivity contribution in [3.05, 3.63) is 70.9 Å². The first-order valence-corrected chi connectivity index (χ1v) is 12.5. The summed E-state index contributed by atoms with van der Waals surface area (Å²) in [6, 6.07) is 18.2. The molecule has 0 spiro atoms. The molecule has 0 aliphatic carbocycles. The highest BCUT2D eigenvalue weighted by Crippen LogP contribution is 2.31. The van der Waals surface area contributed by atoms with Gasteiger partial charge in [0.2, 0.25) is 0 Å². The van der Waals surface area contributed by atoms with Gasteiger partial charge in [0.05, 0.1) is 11.6 Å². The highest BCUT2D eigenvalue weighted by molar-refractivity contribution is 5.99. The number of likely N-dealkylation sites (tertiary alicyclic amines) is 1. The van der Waals surface area contributed by atoms with E-state index in [1.54, 1.807) is 0 Å². The first-order valence-electron chi connectivity index (χ1n) is 12.5. The van der Waals surface area contributed by atoms with Crippen LogP contribution in [0.25, 0.3) is 10.9 Å². The first kappa shape index (κ1) is 23.9. The smallest absolute Gasteiger partial charge is 0.407 e. The zero-order valence-corrected chi connectivity index (χ0v) is 20.6. The number of nitrogens with zero attached hydrogens (tertiary/aromatic N) is 5. The fourth-order valence-electron chi connectivity index (χ4n) is 5.45. The predicted octanol–water partition coefficient (Wildman–Crippen LogP) is 3.87. The van der Waals surface area contributed by atoms with E-state index in [2.05, 4.69) is 29.2 Å². The molecule has 0 radical (unpaired) electrons. The SMILES string of the molecule is Cn1c(C(=O)N2CCN(Cc3ccc(C#N)cc3)CC2)cc2cc(C3CCN(C(=O)O)CC3)ccc21. The summed E-state index contributed by atoms with van der Waals surface area (Å²) >= 11 is 0. The number of carbonyl (C=O) groups excluding carboxylic acids is 1. The standard InChI is InChI=1S/C28H31N5O3/c1-30-25-7-6-23(22-8-10-33(11-9-22)28(35)36)16-24(25)17-26(30)27(34)32-14-12-31(13-15-32)19-21-4-2-20(18-29)3-5-21/h2-7,16-17,22H,8-15,19H2,1H3,(H,35,36). The van der Waals surface area contributed by atoms with Crippen LogP contribution in [0.3, 0.4) is 0 Å². The van der Waals surface area contributed by atoms with Gasteiger partial charge in [-0.05, 0) is 60.2 Å². The number of aromatic nitrogens is 1. The molecule has 2 saturated heterocycles. The Kier molecular flexibility index (Phi) is 6.66. The molecule has 3 heterocycles. The van der Waals surface area contributed by atoms with E-state index in [4.69, 9.17) is 5.26 Å². The lowest BCUT2D eigenvalue weighted by Crippen LogP contribution is -2.48. The number of carboxylic acid groups (broad SMARTS) is 1. The number of fused-ring (bicyclic) bond motifs is 1. The van der Waals surface area contributed by atoms with Crippen LogP contribution in [-0.4, -0.2) is 75.6 Å². The number of piperazine rings is 1. The molecule has 2 aromatic carbocycles. The Labute approximate surface area is 210 Å². The Morgan fingerprint density at radius 3 is 2.28 bits per heavy atom. The third-order valence-corrected chi connectivity index (χ3v) is 7.67. The lowest BCUT2D eigenvalue weighted by molar-refractivity contribution is 0.0619. The Morgan fingerprint density at radius 2 is 1.64 bits per heavy atom. The second kappa shape index (κ2) is 10.0. The summed E-state index contributed by atoms with van der Waals surface area (Å²) in [4.78, 5) is 30.4. The van der Waals surface area contributed by atoms with Gasteiger partial charge in [-0.2, -0.15) is 5.26 Å². The number of nitriles is 1. The third kappa shape index (κ3) is 4.79. The maximum absolute atomic E-state index is 13.4. The number of piperidine rings is 1. The van der Waals surface area contributed by atoms with Crippen molar-refractivity contribution in [1.29, 1.82) is 5.26 Å². The van der Waals surface area contributed by atoms with Gasteiger partial charge in [-0.1, -0.05) is 18.2 Å². The van der Waals surface area contributed by atoms with Crippen LogP contribution in [0.1, 0.15) is 45.9 Å². The van der Waals surface area contributed by atoms with Crippen molar-refractivity contribution in [2.75, 3.05) is 39.3 Å². The van der Waals surface area contributed by atoms with E-state index < -0.39 is 6.09 Å². The van der Waals surface area contributed by atoms with Gasteiger partial charge in [-0.15, -0.1) is 0 Å². The highest BCUT2D eigenvalue weighted by atomic mass is 16.4. The van der Waals surface area contributed by atoms with E-state index in [0.717, 1.165) is 43.4 Å².